The lowest BCUT2D eigenvalue weighted by atomic mass is 9.97. The third kappa shape index (κ3) is 3.14. The average Bonchev–Trinajstić information content (AvgIpc) is 2.28. The highest BCUT2D eigenvalue weighted by Gasteiger charge is 2.24. The van der Waals surface area contributed by atoms with Crippen LogP contribution < -0.4 is 10.6 Å². The summed E-state index contributed by atoms with van der Waals surface area (Å²) in [5.41, 5.74) is 0. The summed E-state index contributed by atoms with van der Waals surface area (Å²) < 4.78 is 0. The zero-order valence-corrected chi connectivity index (χ0v) is 9.21. The van der Waals surface area contributed by atoms with E-state index < -0.39 is 0 Å². The van der Waals surface area contributed by atoms with Crippen molar-refractivity contribution in [2.45, 2.75) is 39.3 Å². The van der Waals surface area contributed by atoms with Crippen molar-refractivity contribution in [1.29, 1.82) is 0 Å². The van der Waals surface area contributed by atoms with Gasteiger partial charge in [-0.1, -0.05) is 12.2 Å². The van der Waals surface area contributed by atoms with Gasteiger partial charge in [0.15, 0.2) is 0 Å². The summed E-state index contributed by atoms with van der Waals surface area (Å²) in [5, 5.41) is 6.26. The molecule has 0 saturated heterocycles. The molecule has 1 rings (SSSR count). The van der Waals surface area contributed by atoms with E-state index in [-0.39, 0.29) is 23.9 Å². The standard InChI is InChI=1S/C11H20N2O/c1-8(2)13-11(14)10-6-4-5-7-12-9(10)3/h4-5,8-10,12H,6-7H2,1-3H3,(H,13,14)/t9-,10+/m0/s1. The Kier molecular flexibility index (Phi) is 4.14. The van der Waals surface area contributed by atoms with E-state index in [4.69, 9.17) is 0 Å². The summed E-state index contributed by atoms with van der Waals surface area (Å²) in [7, 11) is 0. The van der Waals surface area contributed by atoms with Crippen LogP contribution in [-0.2, 0) is 4.79 Å². The SMILES string of the molecule is CC(C)NC(=O)[C@@H]1CC=CCN[C@H]1C. The minimum atomic E-state index is 0.0659. The number of allylic oxidation sites excluding steroid dienone is 1. The number of hydrogen-bond acceptors (Lipinski definition) is 2. The maximum absolute atomic E-state index is 11.8. The summed E-state index contributed by atoms with van der Waals surface area (Å²) >= 11 is 0. The van der Waals surface area contributed by atoms with Gasteiger partial charge in [0.05, 0.1) is 5.92 Å². The van der Waals surface area contributed by atoms with E-state index in [1.807, 2.05) is 13.8 Å². The molecule has 0 radical (unpaired) electrons. The minimum Gasteiger partial charge on any atom is -0.354 e. The van der Waals surface area contributed by atoms with Crippen molar-refractivity contribution in [1.82, 2.24) is 10.6 Å². The first kappa shape index (κ1) is 11.2. The van der Waals surface area contributed by atoms with Gasteiger partial charge in [-0.3, -0.25) is 4.79 Å². The van der Waals surface area contributed by atoms with Crippen LogP contribution in [0.3, 0.4) is 0 Å². The van der Waals surface area contributed by atoms with Crippen molar-refractivity contribution in [3.05, 3.63) is 12.2 Å². The number of carbonyl (C=O) groups is 1. The lowest BCUT2D eigenvalue weighted by Gasteiger charge is -2.22. The predicted octanol–water partition coefficient (Wildman–Crippen LogP) is 1.07. The molecule has 0 bridgehead atoms. The molecule has 80 valence electrons. The topological polar surface area (TPSA) is 41.1 Å². The van der Waals surface area contributed by atoms with E-state index in [0.717, 1.165) is 13.0 Å². The van der Waals surface area contributed by atoms with E-state index >= 15 is 0 Å². The van der Waals surface area contributed by atoms with E-state index in [2.05, 4.69) is 29.7 Å². The van der Waals surface area contributed by atoms with Gasteiger partial charge in [0.25, 0.3) is 0 Å². The minimum absolute atomic E-state index is 0.0659. The Balaban J connectivity index is 2.55. The maximum Gasteiger partial charge on any atom is 0.225 e. The van der Waals surface area contributed by atoms with Crippen molar-refractivity contribution in [2.75, 3.05) is 6.54 Å². The van der Waals surface area contributed by atoms with Crippen LogP contribution in [0.15, 0.2) is 12.2 Å². The van der Waals surface area contributed by atoms with Crippen LogP contribution in [0.5, 0.6) is 0 Å². The van der Waals surface area contributed by atoms with Crippen LogP contribution in [0.4, 0.5) is 0 Å². The zero-order chi connectivity index (χ0) is 10.6. The van der Waals surface area contributed by atoms with E-state index in [1.54, 1.807) is 0 Å². The third-order valence-electron chi connectivity index (χ3n) is 2.49. The van der Waals surface area contributed by atoms with Gasteiger partial charge in [-0.05, 0) is 27.2 Å². The van der Waals surface area contributed by atoms with Crippen LogP contribution in [0, 0.1) is 5.92 Å². The Labute approximate surface area is 86.0 Å². The summed E-state index contributed by atoms with van der Waals surface area (Å²) in [5.74, 6) is 0.225. The first-order valence-electron chi connectivity index (χ1n) is 5.30. The molecule has 0 aromatic heterocycles. The third-order valence-corrected chi connectivity index (χ3v) is 2.49. The first-order valence-corrected chi connectivity index (χ1v) is 5.30. The lowest BCUT2D eigenvalue weighted by molar-refractivity contribution is -0.126. The van der Waals surface area contributed by atoms with E-state index in [1.165, 1.54) is 0 Å². The highest BCUT2D eigenvalue weighted by atomic mass is 16.2. The molecule has 2 atom stereocenters. The van der Waals surface area contributed by atoms with Crippen LogP contribution in [0.2, 0.25) is 0 Å². The molecule has 2 N–H and O–H groups in total. The second kappa shape index (κ2) is 5.15. The average molecular weight is 196 g/mol. The van der Waals surface area contributed by atoms with Crippen molar-refractivity contribution in [3.8, 4) is 0 Å². The number of nitrogens with one attached hydrogen (secondary N) is 2. The molecule has 0 aromatic rings. The van der Waals surface area contributed by atoms with Gasteiger partial charge in [-0.2, -0.15) is 0 Å². The molecule has 1 aliphatic heterocycles. The quantitative estimate of drug-likeness (QED) is 0.649. The number of amides is 1. The van der Waals surface area contributed by atoms with Crippen molar-refractivity contribution < 1.29 is 4.79 Å². The number of hydrogen-bond donors (Lipinski definition) is 2. The van der Waals surface area contributed by atoms with Crippen LogP contribution in [-0.4, -0.2) is 24.5 Å². The molecule has 0 unspecified atom stereocenters. The Hall–Kier alpha value is -0.830. The number of rotatable bonds is 2. The van der Waals surface area contributed by atoms with Crippen LogP contribution >= 0.6 is 0 Å². The lowest BCUT2D eigenvalue weighted by Crippen LogP contribution is -2.44. The molecule has 1 heterocycles. The Morgan fingerprint density at radius 2 is 2.21 bits per heavy atom. The molecular formula is C11H20N2O. The fourth-order valence-corrected chi connectivity index (χ4v) is 1.65. The fraction of sp³-hybridized carbons (Fsp3) is 0.727. The predicted molar refractivity (Wildman–Crippen MR) is 58.0 cm³/mol. The molecule has 3 heteroatoms. The second-order valence-corrected chi connectivity index (χ2v) is 4.17. The molecule has 1 amide bonds. The maximum atomic E-state index is 11.8. The largest absolute Gasteiger partial charge is 0.354 e. The molecule has 0 aromatic carbocycles. The van der Waals surface area contributed by atoms with Gasteiger partial charge in [-0.25, -0.2) is 0 Å². The molecule has 0 aliphatic carbocycles. The summed E-state index contributed by atoms with van der Waals surface area (Å²) in [6.07, 6.45) is 5.01. The second-order valence-electron chi connectivity index (χ2n) is 4.17. The van der Waals surface area contributed by atoms with Crippen LogP contribution in [0.1, 0.15) is 27.2 Å². The van der Waals surface area contributed by atoms with Gasteiger partial charge < -0.3 is 10.6 Å². The highest BCUT2D eigenvalue weighted by Crippen LogP contribution is 2.12. The Bertz CT molecular complexity index is 223. The molecule has 14 heavy (non-hydrogen) atoms. The van der Waals surface area contributed by atoms with Gasteiger partial charge in [0.1, 0.15) is 0 Å². The van der Waals surface area contributed by atoms with Crippen molar-refractivity contribution >= 4 is 5.91 Å². The van der Waals surface area contributed by atoms with Gasteiger partial charge in [0.2, 0.25) is 5.91 Å². The van der Waals surface area contributed by atoms with Crippen molar-refractivity contribution in [2.24, 2.45) is 5.92 Å². The highest BCUT2D eigenvalue weighted by molar-refractivity contribution is 5.79. The summed E-state index contributed by atoms with van der Waals surface area (Å²) in [6.45, 7) is 6.91. The normalized spacial score (nSPS) is 27.4. The molecular weight excluding hydrogens is 176 g/mol. The molecule has 0 spiro atoms. The Morgan fingerprint density at radius 3 is 2.86 bits per heavy atom. The molecule has 3 nitrogen and oxygen atoms in total. The summed E-state index contributed by atoms with van der Waals surface area (Å²) in [4.78, 5) is 11.8. The van der Waals surface area contributed by atoms with Gasteiger partial charge >= 0.3 is 0 Å². The molecule has 0 saturated carbocycles. The number of carbonyl (C=O) groups excluding carboxylic acids is 1. The van der Waals surface area contributed by atoms with E-state index in [0.29, 0.717) is 0 Å². The molecule has 0 fully saturated rings. The van der Waals surface area contributed by atoms with Crippen LogP contribution in [0.25, 0.3) is 0 Å². The smallest absolute Gasteiger partial charge is 0.225 e. The summed E-state index contributed by atoms with van der Waals surface area (Å²) in [6, 6.07) is 0.477. The van der Waals surface area contributed by atoms with Crippen molar-refractivity contribution in [3.63, 3.8) is 0 Å². The van der Waals surface area contributed by atoms with E-state index in [9.17, 15) is 4.79 Å². The first-order chi connectivity index (χ1) is 6.61. The van der Waals surface area contributed by atoms with Gasteiger partial charge in [-0.15, -0.1) is 0 Å². The zero-order valence-electron chi connectivity index (χ0n) is 9.21. The van der Waals surface area contributed by atoms with Gasteiger partial charge in [0, 0.05) is 18.6 Å². The monoisotopic (exact) mass is 196 g/mol. The molecule has 1 aliphatic rings. The Morgan fingerprint density at radius 1 is 1.50 bits per heavy atom. The fourth-order valence-electron chi connectivity index (χ4n) is 1.65.